The standard InChI is InChI=1S/C27H23N5O3/c1-3-24-30-25-16(2)10-11-28-26(25)32(24)14-17-8-9-19-18(12-17)15-34-22-7-5-4-6-20(22)21(19)13-23-29-27(33)35-31-23/h4-13H,3,14-15H2,1-2H3,(H,29,31,33). The smallest absolute Gasteiger partial charge is 0.439 e. The van der Waals surface area contributed by atoms with Crippen LogP contribution in [0.1, 0.15) is 46.4 Å². The van der Waals surface area contributed by atoms with Gasteiger partial charge in [-0.1, -0.05) is 42.4 Å². The first-order valence-electron chi connectivity index (χ1n) is 11.5. The average molecular weight is 466 g/mol. The van der Waals surface area contributed by atoms with Crippen LogP contribution in [0, 0.1) is 6.92 Å². The van der Waals surface area contributed by atoms with E-state index in [1.165, 1.54) is 0 Å². The first-order chi connectivity index (χ1) is 17.1. The van der Waals surface area contributed by atoms with E-state index >= 15 is 0 Å². The molecule has 2 aromatic carbocycles. The number of nitrogens with zero attached hydrogens (tertiary/aromatic N) is 4. The van der Waals surface area contributed by atoms with Gasteiger partial charge in [0.2, 0.25) is 0 Å². The molecule has 6 rings (SSSR count). The molecule has 0 bridgehead atoms. The lowest BCUT2D eigenvalue weighted by atomic mass is 9.92. The van der Waals surface area contributed by atoms with Crippen molar-refractivity contribution in [3.63, 3.8) is 0 Å². The van der Waals surface area contributed by atoms with Gasteiger partial charge in [0.15, 0.2) is 11.5 Å². The zero-order valence-corrected chi connectivity index (χ0v) is 19.4. The van der Waals surface area contributed by atoms with Gasteiger partial charge in [0.1, 0.15) is 23.7 Å². The van der Waals surface area contributed by atoms with Crippen LogP contribution in [0.25, 0.3) is 22.8 Å². The summed E-state index contributed by atoms with van der Waals surface area (Å²) in [5.41, 5.74) is 7.99. The van der Waals surface area contributed by atoms with E-state index in [-0.39, 0.29) is 0 Å². The number of nitrogens with one attached hydrogen (secondary N) is 1. The number of rotatable bonds is 4. The Balaban J connectivity index is 1.45. The number of aromatic nitrogens is 5. The van der Waals surface area contributed by atoms with E-state index in [1.807, 2.05) is 42.6 Å². The third-order valence-corrected chi connectivity index (χ3v) is 6.33. The van der Waals surface area contributed by atoms with Crippen LogP contribution in [0.2, 0.25) is 0 Å². The fourth-order valence-electron chi connectivity index (χ4n) is 4.64. The van der Waals surface area contributed by atoms with Gasteiger partial charge in [0.05, 0.1) is 6.54 Å². The Kier molecular flexibility index (Phi) is 5.06. The Labute approximate surface area is 200 Å². The maximum absolute atomic E-state index is 11.5. The lowest BCUT2D eigenvalue weighted by molar-refractivity contribution is 0.307. The van der Waals surface area contributed by atoms with Gasteiger partial charge in [-0.3, -0.25) is 9.51 Å². The number of benzene rings is 2. The van der Waals surface area contributed by atoms with Crippen LogP contribution in [0.5, 0.6) is 5.75 Å². The van der Waals surface area contributed by atoms with Crippen LogP contribution in [0.4, 0.5) is 0 Å². The highest BCUT2D eigenvalue weighted by Crippen LogP contribution is 2.38. The fourth-order valence-corrected chi connectivity index (χ4v) is 4.64. The van der Waals surface area contributed by atoms with Gasteiger partial charge in [-0.25, -0.2) is 14.8 Å². The number of hydrogen-bond acceptors (Lipinski definition) is 6. The van der Waals surface area contributed by atoms with Crippen LogP contribution in [-0.4, -0.2) is 24.7 Å². The number of H-pyrrole nitrogens is 1. The zero-order chi connectivity index (χ0) is 23.9. The second-order valence-corrected chi connectivity index (χ2v) is 8.58. The van der Waals surface area contributed by atoms with E-state index in [9.17, 15) is 4.79 Å². The topological polar surface area (TPSA) is 98.8 Å². The highest BCUT2D eigenvalue weighted by atomic mass is 16.5. The van der Waals surface area contributed by atoms with Gasteiger partial charge in [0, 0.05) is 18.2 Å². The van der Waals surface area contributed by atoms with Crippen molar-refractivity contribution in [3.8, 4) is 5.75 Å². The molecule has 0 fully saturated rings. The van der Waals surface area contributed by atoms with Gasteiger partial charge in [0.25, 0.3) is 0 Å². The van der Waals surface area contributed by atoms with Gasteiger partial charge in [-0.05, 0) is 59.0 Å². The molecular weight excluding hydrogens is 442 g/mol. The molecule has 0 radical (unpaired) electrons. The van der Waals surface area contributed by atoms with Crippen LogP contribution in [-0.2, 0) is 19.6 Å². The average Bonchev–Trinajstić information content (AvgIpc) is 3.41. The quantitative estimate of drug-likeness (QED) is 0.419. The summed E-state index contributed by atoms with van der Waals surface area (Å²) >= 11 is 0. The summed E-state index contributed by atoms with van der Waals surface area (Å²) in [6.07, 6.45) is 4.48. The zero-order valence-electron chi connectivity index (χ0n) is 19.4. The summed E-state index contributed by atoms with van der Waals surface area (Å²) in [6, 6.07) is 16.2. The highest BCUT2D eigenvalue weighted by Gasteiger charge is 2.21. The summed E-state index contributed by atoms with van der Waals surface area (Å²) in [5.74, 6) is 1.55. The van der Waals surface area contributed by atoms with E-state index in [4.69, 9.17) is 14.2 Å². The molecule has 1 aliphatic rings. The Morgan fingerprint density at radius 2 is 2.03 bits per heavy atom. The monoisotopic (exact) mass is 465 g/mol. The van der Waals surface area contributed by atoms with Crippen molar-refractivity contribution in [2.75, 3.05) is 0 Å². The van der Waals surface area contributed by atoms with E-state index in [2.05, 4.69) is 51.7 Å². The minimum atomic E-state index is -0.589. The second kappa shape index (κ2) is 8.39. The van der Waals surface area contributed by atoms with Crippen LogP contribution >= 0.6 is 0 Å². The summed E-state index contributed by atoms with van der Waals surface area (Å²) in [5, 5.41) is 3.83. The predicted molar refractivity (Wildman–Crippen MR) is 132 cm³/mol. The molecule has 0 atom stereocenters. The molecule has 174 valence electrons. The first-order valence-corrected chi connectivity index (χ1v) is 11.5. The number of ether oxygens (including phenoxy) is 1. The number of para-hydroxylation sites is 1. The molecular formula is C27H23N5O3. The maximum atomic E-state index is 11.5. The SMILES string of the molecule is CCc1nc2c(C)ccnc2n1Cc1ccc2c(c1)COc1ccccc1C2=Cc1noc(=O)[nH]1. The number of aromatic amines is 1. The van der Waals surface area contributed by atoms with Crippen LogP contribution in [0.3, 0.4) is 0 Å². The second-order valence-electron chi connectivity index (χ2n) is 8.58. The maximum Gasteiger partial charge on any atom is 0.439 e. The van der Waals surface area contributed by atoms with Gasteiger partial charge < -0.3 is 9.30 Å². The molecule has 0 unspecified atom stereocenters. The summed E-state index contributed by atoms with van der Waals surface area (Å²) < 4.78 is 13.1. The minimum absolute atomic E-state index is 0.357. The van der Waals surface area contributed by atoms with Crippen molar-refractivity contribution >= 4 is 22.8 Å². The van der Waals surface area contributed by atoms with E-state index < -0.39 is 5.76 Å². The Bertz CT molecular complexity index is 1660. The van der Waals surface area contributed by atoms with E-state index in [0.29, 0.717) is 19.0 Å². The van der Waals surface area contributed by atoms with Crippen molar-refractivity contribution in [3.05, 3.63) is 105 Å². The summed E-state index contributed by atoms with van der Waals surface area (Å²) in [6.45, 7) is 5.26. The largest absolute Gasteiger partial charge is 0.488 e. The third-order valence-electron chi connectivity index (χ3n) is 6.33. The van der Waals surface area contributed by atoms with Crippen molar-refractivity contribution in [2.45, 2.75) is 33.4 Å². The molecule has 35 heavy (non-hydrogen) atoms. The van der Waals surface area contributed by atoms with Gasteiger partial charge in [-0.15, -0.1) is 0 Å². The van der Waals surface area contributed by atoms with Crippen molar-refractivity contribution in [1.82, 2.24) is 24.7 Å². The Morgan fingerprint density at radius 1 is 1.14 bits per heavy atom. The summed E-state index contributed by atoms with van der Waals surface area (Å²) in [7, 11) is 0. The Morgan fingerprint density at radius 3 is 2.86 bits per heavy atom. The van der Waals surface area contributed by atoms with Gasteiger partial charge >= 0.3 is 5.76 Å². The molecule has 4 heterocycles. The molecule has 3 aromatic heterocycles. The molecule has 0 aliphatic carbocycles. The number of fused-ring (bicyclic) bond motifs is 3. The van der Waals surface area contributed by atoms with Crippen LogP contribution < -0.4 is 10.5 Å². The molecule has 8 heteroatoms. The number of aryl methyl sites for hydroxylation is 2. The van der Waals surface area contributed by atoms with E-state index in [1.54, 1.807) is 0 Å². The third kappa shape index (κ3) is 3.73. The molecule has 8 nitrogen and oxygen atoms in total. The van der Waals surface area contributed by atoms with Crippen LogP contribution in [0.15, 0.2) is 64.0 Å². The first kappa shape index (κ1) is 21.1. The molecule has 0 spiro atoms. The summed E-state index contributed by atoms with van der Waals surface area (Å²) in [4.78, 5) is 23.6. The molecule has 0 saturated carbocycles. The fraction of sp³-hybridized carbons (Fsp3) is 0.185. The molecule has 0 saturated heterocycles. The number of imidazole rings is 1. The van der Waals surface area contributed by atoms with Crippen molar-refractivity contribution in [2.24, 2.45) is 0 Å². The van der Waals surface area contributed by atoms with Crippen molar-refractivity contribution in [1.29, 1.82) is 0 Å². The molecule has 1 aliphatic heterocycles. The number of pyridine rings is 1. The van der Waals surface area contributed by atoms with E-state index in [0.717, 1.165) is 62.5 Å². The minimum Gasteiger partial charge on any atom is -0.488 e. The molecule has 0 amide bonds. The Hall–Kier alpha value is -4.46. The molecule has 1 N–H and O–H groups in total. The highest BCUT2D eigenvalue weighted by molar-refractivity contribution is 5.93. The number of hydrogen-bond donors (Lipinski definition) is 1. The lowest BCUT2D eigenvalue weighted by Crippen LogP contribution is -2.06. The lowest BCUT2D eigenvalue weighted by Gasteiger charge is -2.13. The molecule has 5 aromatic rings. The van der Waals surface area contributed by atoms with Crippen molar-refractivity contribution < 1.29 is 9.26 Å². The van der Waals surface area contributed by atoms with Gasteiger partial charge in [-0.2, -0.15) is 0 Å². The normalized spacial score (nSPS) is 13.9. The predicted octanol–water partition coefficient (Wildman–Crippen LogP) is 4.51.